The first kappa shape index (κ1) is 12.3. The molecule has 0 unspecified atom stereocenters. The number of rotatable bonds is 4. The van der Waals surface area contributed by atoms with E-state index in [-0.39, 0.29) is 11.9 Å². The van der Waals surface area contributed by atoms with Gasteiger partial charge in [0.15, 0.2) is 11.5 Å². The van der Waals surface area contributed by atoms with Crippen molar-refractivity contribution in [2.24, 2.45) is 0 Å². The van der Waals surface area contributed by atoms with Crippen LogP contribution in [0.25, 0.3) is 0 Å². The largest absolute Gasteiger partial charge is 0.503 e. The van der Waals surface area contributed by atoms with Gasteiger partial charge in [-0.2, -0.15) is 0 Å². The number of methoxy groups -OCH3 is 1. The summed E-state index contributed by atoms with van der Waals surface area (Å²) < 4.78 is 5.62. The van der Waals surface area contributed by atoms with Crippen LogP contribution in [0, 0.1) is 0 Å². The minimum Gasteiger partial charge on any atom is -0.503 e. The predicted molar refractivity (Wildman–Crippen MR) is 62.4 cm³/mol. The quantitative estimate of drug-likeness (QED) is 0.887. The van der Waals surface area contributed by atoms with Crippen molar-refractivity contribution in [3.05, 3.63) is 22.2 Å². The number of phenolic OH excluding ortho intramolecular Hbond substituents is 1. The van der Waals surface area contributed by atoms with Gasteiger partial charge in [0.05, 0.1) is 17.7 Å². The van der Waals surface area contributed by atoms with Crippen LogP contribution < -0.4 is 4.74 Å². The van der Waals surface area contributed by atoms with Crippen molar-refractivity contribution >= 4 is 15.9 Å². The van der Waals surface area contributed by atoms with Crippen LogP contribution in [0.15, 0.2) is 16.6 Å². The zero-order valence-corrected chi connectivity index (χ0v) is 10.4. The van der Waals surface area contributed by atoms with E-state index >= 15 is 0 Å². The molecule has 0 radical (unpaired) electrons. The van der Waals surface area contributed by atoms with Crippen LogP contribution in [0.5, 0.6) is 11.5 Å². The van der Waals surface area contributed by atoms with Gasteiger partial charge < -0.3 is 14.9 Å². The lowest BCUT2D eigenvalue weighted by atomic mass is 10.1. The summed E-state index contributed by atoms with van der Waals surface area (Å²) in [7, 11) is 1.51. The van der Waals surface area contributed by atoms with Gasteiger partial charge in [0.25, 0.3) is 0 Å². The molecule has 1 rings (SSSR count). The Kier molecular flexibility index (Phi) is 4.42. The third-order valence-electron chi connectivity index (χ3n) is 2.21. The highest BCUT2D eigenvalue weighted by Crippen LogP contribution is 2.36. The van der Waals surface area contributed by atoms with Crippen molar-refractivity contribution in [1.82, 2.24) is 0 Å². The maximum Gasteiger partial charge on any atom is 0.172 e. The van der Waals surface area contributed by atoms with E-state index in [1.807, 2.05) is 6.07 Å². The molecule has 0 aromatic heterocycles. The molecular weight excluding hydrogens is 260 g/mol. The lowest BCUT2D eigenvalue weighted by Crippen LogP contribution is -2.02. The molecule has 0 saturated heterocycles. The molecule has 3 nitrogen and oxygen atoms in total. The smallest absolute Gasteiger partial charge is 0.172 e. The summed E-state index contributed by atoms with van der Waals surface area (Å²) in [5.41, 5.74) is 0.967. The highest BCUT2D eigenvalue weighted by atomic mass is 79.9. The number of phenols is 1. The minimum absolute atomic E-state index is 0.112. The summed E-state index contributed by atoms with van der Waals surface area (Å²) in [4.78, 5) is 0. The average Bonchev–Trinajstić information content (AvgIpc) is 2.20. The van der Waals surface area contributed by atoms with E-state index < -0.39 is 0 Å². The van der Waals surface area contributed by atoms with Gasteiger partial charge in [-0.3, -0.25) is 0 Å². The molecule has 84 valence electrons. The Balaban J connectivity index is 2.87. The molecule has 0 amide bonds. The van der Waals surface area contributed by atoms with Crippen molar-refractivity contribution in [3.8, 4) is 11.5 Å². The monoisotopic (exact) mass is 274 g/mol. The first-order valence-electron chi connectivity index (χ1n) is 4.78. The summed E-state index contributed by atoms with van der Waals surface area (Å²) in [6.07, 6.45) is 1.06. The van der Waals surface area contributed by atoms with Crippen molar-refractivity contribution in [2.75, 3.05) is 7.11 Å². The normalized spacial score (nSPS) is 12.5. The Bertz CT molecular complexity index is 337. The number of aryl methyl sites for hydroxylation is 1. The number of aliphatic hydroxyl groups is 1. The molecule has 0 aliphatic rings. The van der Waals surface area contributed by atoms with E-state index in [2.05, 4.69) is 15.9 Å². The summed E-state index contributed by atoms with van der Waals surface area (Å²) in [5, 5.41) is 18.9. The van der Waals surface area contributed by atoms with Gasteiger partial charge in [0.2, 0.25) is 0 Å². The van der Waals surface area contributed by atoms with Crippen LogP contribution >= 0.6 is 15.9 Å². The highest BCUT2D eigenvalue weighted by molar-refractivity contribution is 9.10. The fraction of sp³-hybridized carbons (Fsp3) is 0.455. The standard InChI is InChI=1S/C11H15BrO3/c1-7(13)3-4-8-5-6-9(15-2)11(14)10(8)12/h5-7,13-14H,3-4H2,1-2H3/t7-/m0/s1. The lowest BCUT2D eigenvalue weighted by Gasteiger charge is -2.10. The highest BCUT2D eigenvalue weighted by Gasteiger charge is 2.11. The van der Waals surface area contributed by atoms with Crippen molar-refractivity contribution in [3.63, 3.8) is 0 Å². The second kappa shape index (κ2) is 5.37. The maximum atomic E-state index is 9.71. The zero-order valence-electron chi connectivity index (χ0n) is 8.83. The van der Waals surface area contributed by atoms with Gasteiger partial charge in [0.1, 0.15) is 0 Å². The number of aromatic hydroxyl groups is 1. The molecule has 1 atom stereocenters. The molecule has 1 aromatic rings. The van der Waals surface area contributed by atoms with Crippen molar-refractivity contribution in [2.45, 2.75) is 25.9 Å². The number of ether oxygens (including phenoxy) is 1. The fourth-order valence-electron chi connectivity index (χ4n) is 1.31. The molecule has 0 fully saturated rings. The predicted octanol–water partition coefficient (Wildman–Crippen LogP) is 2.48. The molecular formula is C11H15BrO3. The van der Waals surface area contributed by atoms with Crippen molar-refractivity contribution in [1.29, 1.82) is 0 Å². The number of hydrogen-bond donors (Lipinski definition) is 2. The fourth-order valence-corrected chi connectivity index (χ4v) is 1.84. The van der Waals surface area contributed by atoms with Gasteiger partial charge >= 0.3 is 0 Å². The van der Waals surface area contributed by atoms with E-state index in [1.165, 1.54) is 7.11 Å². The summed E-state index contributed by atoms with van der Waals surface area (Å²) in [5.74, 6) is 0.559. The van der Waals surface area contributed by atoms with Gasteiger partial charge in [0, 0.05) is 0 Å². The van der Waals surface area contributed by atoms with Crippen molar-refractivity contribution < 1.29 is 14.9 Å². The molecule has 2 N–H and O–H groups in total. The van der Waals surface area contributed by atoms with Gasteiger partial charge in [-0.15, -0.1) is 0 Å². The second-order valence-corrected chi connectivity index (χ2v) is 4.27. The molecule has 1 aromatic carbocycles. The molecule has 0 aliphatic carbocycles. The second-order valence-electron chi connectivity index (χ2n) is 3.48. The number of hydrogen-bond acceptors (Lipinski definition) is 3. The van der Waals surface area contributed by atoms with Crippen LogP contribution in [-0.4, -0.2) is 23.4 Å². The number of halogens is 1. The van der Waals surface area contributed by atoms with E-state index in [9.17, 15) is 10.2 Å². The molecule has 0 spiro atoms. The van der Waals surface area contributed by atoms with Crippen LogP contribution in [0.4, 0.5) is 0 Å². The Labute approximate surface area is 97.8 Å². The number of aliphatic hydroxyl groups excluding tert-OH is 1. The molecule has 15 heavy (non-hydrogen) atoms. The van der Waals surface area contributed by atoms with Gasteiger partial charge in [-0.05, 0) is 47.3 Å². The van der Waals surface area contributed by atoms with Crippen LogP contribution in [0.3, 0.4) is 0 Å². The molecule has 0 saturated carbocycles. The molecule has 0 aliphatic heterocycles. The summed E-state index contributed by atoms with van der Waals surface area (Å²) in [6.45, 7) is 1.75. The summed E-state index contributed by atoms with van der Waals surface area (Å²) >= 11 is 3.31. The molecule has 0 bridgehead atoms. The van der Waals surface area contributed by atoms with E-state index in [1.54, 1.807) is 13.0 Å². The third kappa shape index (κ3) is 3.11. The Morgan fingerprint density at radius 3 is 2.67 bits per heavy atom. The SMILES string of the molecule is COc1ccc(CC[C@H](C)O)c(Br)c1O. The maximum absolute atomic E-state index is 9.71. The van der Waals surface area contributed by atoms with E-state index in [0.717, 1.165) is 12.0 Å². The van der Waals surface area contributed by atoms with Crippen LogP contribution in [-0.2, 0) is 6.42 Å². The Morgan fingerprint density at radius 1 is 1.47 bits per heavy atom. The van der Waals surface area contributed by atoms with E-state index in [4.69, 9.17) is 4.74 Å². The third-order valence-corrected chi connectivity index (χ3v) is 3.10. The molecule has 0 heterocycles. The first-order chi connectivity index (χ1) is 7.06. The van der Waals surface area contributed by atoms with Gasteiger partial charge in [-0.25, -0.2) is 0 Å². The zero-order chi connectivity index (χ0) is 11.4. The lowest BCUT2D eigenvalue weighted by molar-refractivity contribution is 0.185. The van der Waals surface area contributed by atoms with E-state index in [0.29, 0.717) is 16.6 Å². The number of benzene rings is 1. The van der Waals surface area contributed by atoms with Crippen LogP contribution in [0.1, 0.15) is 18.9 Å². The minimum atomic E-state index is -0.332. The summed E-state index contributed by atoms with van der Waals surface area (Å²) in [6, 6.07) is 3.60. The Hall–Kier alpha value is -0.740. The Morgan fingerprint density at radius 2 is 2.13 bits per heavy atom. The van der Waals surface area contributed by atoms with Gasteiger partial charge in [-0.1, -0.05) is 6.07 Å². The average molecular weight is 275 g/mol. The first-order valence-corrected chi connectivity index (χ1v) is 5.58. The topological polar surface area (TPSA) is 49.7 Å². The molecule has 4 heteroatoms. The van der Waals surface area contributed by atoms with Crippen LogP contribution in [0.2, 0.25) is 0 Å².